The zero-order valence-corrected chi connectivity index (χ0v) is 26.8. The van der Waals surface area contributed by atoms with Crippen LogP contribution in [-0.4, -0.2) is 117 Å². The molecule has 0 aromatic heterocycles. The largest absolute Gasteiger partial charge is 0.457 e. The van der Waals surface area contributed by atoms with Crippen LogP contribution in [0.5, 0.6) is 0 Å². The second-order valence-corrected chi connectivity index (χ2v) is 16.0. The van der Waals surface area contributed by atoms with Crippen molar-refractivity contribution in [3.05, 3.63) is 0 Å². The van der Waals surface area contributed by atoms with Crippen LogP contribution in [-0.2, 0) is 23.7 Å². The maximum atomic E-state index is 11.8. The van der Waals surface area contributed by atoms with Crippen molar-refractivity contribution in [2.75, 3.05) is 13.2 Å². The molecule has 0 aromatic carbocycles. The third-order valence-corrected chi connectivity index (χ3v) is 12.3. The molecule has 8 aliphatic carbocycles. The van der Waals surface area contributed by atoms with Gasteiger partial charge in [-0.25, -0.2) is 0 Å². The zero-order chi connectivity index (χ0) is 32.2. The summed E-state index contributed by atoms with van der Waals surface area (Å²) in [7, 11) is 0. The number of rotatable bonds is 12. The summed E-state index contributed by atoms with van der Waals surface area (Å²) in [6.07, 6.45) is 5.91. The Hall–Kier alpha value is -1.51. The number of carbonyl (C=O) groups is 1. The minimum absolute atomic E-state index is 0.157. The molecule has 1 heterocycles. The van der Waals surface area contributed by atoms with Crippen molar-refractivity contribution in [2.45, 2.75) is 144 Å². The van der Waals surface area contributed by atoms with E-state index in [1.165, 1.54) is 44.7 Å². The summed E-state index contributed by atoms with van der Waals surface area (Å²) in [6.45, 7) is 0.000680. The molecular weight excluding hydrogens is 596 g/mol. The maximum Gasteiger partial charge on any atom is 0.303 e. The van der Waals surface area contributed by atoms with Crippen LogP contribution < -0.4 is 0 Å². The van der Waals surface area contributed by atoms with E-state index >= 15 is 0 Å². The van der Waals surface area contributed by atoms with Crippen molar-refractivity contribution in [3.8, 4) is 0 Å². The molecule has 0 radical (unpaired) electrons. The van der Waals surface area contributed by atoms with Crippen LogP contribution in [0.1, 0.15) is 84.0 Å². The first kappa shape index (κ1) is 33.0. The lowest BCUT2D eigenvalue weighted by Crippen LogP contribution is -2.61. The van der Waals surface area contributed by atoms with E-state index < -0.39 is 68.4 Å². The van der Waals surface area contributed by atoms with E-state index in [4.69, 9.17) is 28.9 Å². The van der Waals surface area contributed by atoms with Gasteiger partial charge in [-0.3, -0.25) is 14.8 Å². The van der Waals surface area contributed by atoms with Crippen LogP contribution in [0.2, 0.25) is 0 Å². The highest BCUT2D eigenvalue weighted by Gasteiger charge is 2.53. The number of carbonyl (C=O) groups excluding carboxylic acids is 1. The van der Waals surface area contributed by atoms with Gasteiger partial charge < -0.3 is 44.5 Å². The van der Waals surface area contributed by atoms with Gasteiger partial charge in [-0.05, 0) is 113 Å². The number of aliphatic hydroxyl groups is 5. The number of esters is 1. The van der Waals surface area contributed by atoms with Crippen LogP contribution >= 0.6 is 0 Å². The van der Waals surface area contributed by atoms with Gasteiger partial charge in [-0.2, -0.15) is 0 Å². The Morgan fingerprint density at radius 1 is 0.826 bits per heavy atom. The Balaban J connectivity index is 1.10. The van der Waals surface area contributed by atoms with E-state index in [1.54, 1.807) is 6.21 Å². The fourth-order valence-corrected chi connectivity index (χ4v) is 11.2. The molecule has 1 aliphatic heterocycles. The van der Waals surface area contributed by atoms with E-state index in [0.29, 0.717) is 35.5 Å². The second kappa shape index (κ2) is 13.1. The first-order valence-corrected chi connectivity index (χ1v) is 17.5. The van der Waals surface area contributed by atoms with Gasteiger partial charge in [0.05, 0.1) is 30.5 Å². The quantitative estimate of drug-likeness (QED) is 0.118. The van der Waals surface area contributed by atoms with Gasteiger partial charge in [-0.15, -0.1) is 0 Å². The highest BCUT2D eigenvalue weighted by Crippen LogP contribution is 2.58. The number of aliphatic hydroxyl groups excluding tert-OH is 5. The lowest BCUT2D eigenvalue weighted by molar-refractivity contribution is -0.315. The number of ether oxygens (including phenoxy) is 4. The molecule has 5 N–H and O–H groups in total. The highest BCUT2D eigenvalue weighted by molar-refractivity contribution is 5.66. The van der Waals surface area contributed by atoms with Crippen molar-refractivity contribution in [3.63, 3.8) is 0 Å². The SMILES string of the molecule is CC(=O)O[C@H]1[C@@H](O)[C@@H](CO)O[C@@H](O[C@H](C=NC23CC4CC(CC(C4)C2)C3)[C@@H](CO)O[C@H](O)C=NC23CC4CC(CC(C4)C2)C3)[C@@H]1O. The van der Waals surface area contributed by atoms with E-state index in [9.17, 15) is 30.3 Å². The molecule has 0 amide bonds. The number of hydrogen-bond acceptors (Lipinski definition) is 12. The van der Waals surface area contributed by atoms with Gasteiger partial charge in [0.1, 0.15) is 30.5 Å². The second-order valence-electron chi connectivity index (χ2n) is 16.0. The molecule has 8 bridgehead atoms. The topological polar surface area (TPSA) is 180 Å². The molecule has 9 aliphatic rings. The van der Waals surface area contributed by atoms with E-state index in [0.717, 1.165) is 45.4 Å². The van der Waals surface area contributed by atoms with E-state index in [1.807, 2.05) is 0 Å². The maximum absolute atomic E-state index is 11.8. The van der Waals surface area contributed by atoms with E-state index in [2.05, 4.69) is 0 Å². The molecule has 46 heavy (non-hydrogen) atoms. The van der Waals surface area contributed by atoms with Crippen molar-refractivity contribution >= 4 is 18.4 Å². The summed E-state index contributed by atoms with van der Waals surface area (Å²) in [4.78, 5) is 21.8. The Bertz CT molecular complexity index is 1090. The number of aliphatic imine (C=N–C) groups is 2. The van der Waals surface area contributed by atoms with Gasteiger partial charge in [0.25, 0.3) is 0 Å². The molecule has 8 atom stereocenters. The lowest BCUT2D eigenvalue weighted by atomic mass is 9.53. The van der Waals surface area contributed by atoms with Crippen LogP contribution in [0.4, 0.5) is 0 Å². The zero-order valence-electron chi connectivity index (χ0n) is 26.8. The number of nitrogens with zero attached hydrogens (tertiary/aromatic N) is 2. The van der Waals surface area contributed by atoms with Crippen LogP contribution in [0, 0.1) is 35.5 Å². The van der Waals surface area contributed by atoms with Crippen molar-refractivity contribution in [2.24, 2.45) is 45.5 Å². The molecule has 0 aromatic rings. The molecule has 12 nitrogen and oxygen atoms in total. The average molecular weight is 649 g/mol. The summed E-state index contributed by atoms with van der Waals surface area (Å²) in [5.74, 6) is 3.32. The molecule has 9 rings (SSSR count). The highest BCUT2D eigenvalue weighted by atomic mass is 16.7. The Morgan fingerprint density at radius 3 is 1.74 bits per heavy atom. The molecule has 0 unspecified atom stereocenters. The van der Waals surface area contributed by atoms with Crippen LogP contribution in [0.25, 0.3) is 0 Å². The first-order chi connectivity index (χ1) is 22.0. The number of hydrogen-bond donors (Lipinski definition) is 5. The summed E-state index contributed by atoms with van der Waals surface area (Å²) >= 11 is 0. The fraction of sp³-hybridized carbons (Fsp3) is 0.912. The fourth-order valence-electron chi connectivity index (χ4n) is 11.2. The predicted molar refractivity (Wildman–Crippen MR) is 165 cm³/mol. The van der Waals surface area contributed by atoms with E-state index in [-0.39, 0.29) is 11.1 Å². The van der Waals surface area contributed by atoms with Crippen LogP contribution in [0.15, 0.2) is 9.98 Å². The smallest absolute Gasteiger partial charge is 0.303 e. The summed E-state index contributed by atoms with van der Waals surface area (Å²) < 4.78 is 23.1. The molecule has 9 fully saturated rings. The third kappa shape index (κ3) is 6.70. The predicted octanol–water partition coefficient (Wildman–Crippen LogP) is 1.52. The monoisotopic (exact) mass is 648 g/mol. The molecular formula is C34H52N2O10. The Labute approximate surface area is 270 Å². The minimum atomic E-state index is -1.61. The summed E-state index contributed by atoms with van der Waals surface area (Å²) in [5, 5.41) is 53.1. The van der Waals surface area contributed by atoms with Crippen molar-refractivity contribution in [1.29, 1.82) is 0 Å². The average Bonchev–Trinajstić information content (AvgIpc) is 2.99. The molecule has 258 valence electrons. The van der Waals surface area contributed by atoms with Gasteiger partial charge in [0.15, 0.2) is 18.7 Å². The van der Waals surface area contributed by atoms with Gasteiger partial charge in [0, 0.05) is 13.1 Å². The van der Waals surface area contributed by atoms with Crippen molar-refractivity contribution < 1.29 is 49.3 Å². The molecule has 8 saturated carbocycles. The van der Waals surface area contributed by atoms with Crippen molar-refractivity contribution in [1.82, 2.24) is 0 Å². The third-order valence-electron chi connectivity index (χ3n) is 12.3. The molecule has 0 spiro atoms. The van der Waals surface area contributed by atoms with Crippen LogP contribution in [0.3, 0.4) is 0 Å². The Morgan fingerprint density at radius 2 is 1.30 bits per heavy atom. The van der Waals surface area contributed by atoms with Gasteiger partial charge in [0.2, 0.25) is 0 Å². The Kier molecular flexibility index (Phi) is 9.38. The summed E-state index contributed by atoms with van der Waals surface area (Å²) in [6, 6.07) is 0. The normalized spacial score (nSPS) is 47.9. The summed E-state index contributed by atoms with van der Waals surface area (Å²) in [5.41, 5.74) is -0.388. The van der Waals surface area contributed by atoms with Gasteiger partial charge >= 0.3 is 5.97 Å². The molecule has 12 heteroatoms. The van der Waals surface area contributed by atoms with Gasteiger partial charge in [-0.1, -0.05) is 0 Å². The minimum Gasteiger partial charge on any atom is -0.457 e. The molecule has 1 saturated heterocycles. The lowest BCUT2D eigenvalue weighted by Gasteiger charge is -2.55. The standard InChI is InChI=1S/C34H52N2O10/c1-18(39)43-31-29(41)27(17-38)46-32(30(31)42)45-25(14-35-33-8-19-2-20(9-33)4-21(3-19)10-33)26(16-37)44-28(40)15-36-34-11-22-5-23(12-34)7-24(6-22)13-34/h14-15,19-32,37-38,40-42H,2-13,16-17H2,1H3/t19?,20?,21?,22?,23?,24?,25-,26-,27-,28+,29+,30-,31+,32-,33?,34?/m1/s1. The first-order valence-electron chi connectivity index (χ1n) is 17.5.